The van der Waals surface area contributed by atoms with Crippen molar-refractivity contribution in [1.29, 1.82) is 0 Å². The molecule has 5 heterocycles. The van der Waals surface area contributed by atoms with Crippen molar-refractivity contribution in [3.8, 4) is 5.75 Å². The predicted molar refractivity (Wildman–Crippen MR) is 227 cm³/mol. The zero-order chi connectivity index (χ0) is 45.9. The number of esters is 1. The zero-order valence-electron chi connectivity index (χ0n) is 34.7. The second-order valence-electron chi connectivity index (χ2n) is 15.0. The number of H-pyrrole nitrogens is 1. The lowest BCUT2D eigenvalue weighted by Crippen LogP contribution is -2.36. The number of halogens is 2. The summed E-state index contributed by atoms with van der Waals surface area (Å²) in [6, 6.07) is 7.25. The maximum absolute atomic E-state index is 16.5. The molecule has 26 heteroatoms. The first-order chi connectivity index (χ1) is 30.7. The number of nitrogen functional groups attached to an aromatic ring is 1. The molecule has 4 aromatic rings. The number of aromatic amines is 1. The minimum absolute atomic E-state index is 0.0736. The Morgan fingerprint density at radius 1 is 0.953 bits per heavy atom. The van der Waals surface area contributed by atoms with E-state index in [1.165, 1.54) is 17.2 Å². The predicted octanol–water partition coefficient (Wildman–Crippen LogP) is 5.44. The Hall–Kier alpha value is -3.93. The maximum Gasteiger partial charge on any atom is 0.472 e. The zero-order valence-corrected chi connectivity index (χ0v) is 37.3. The van der Waals surface area contributed by atoms with Crippen molar-refractivity contribution >= 4 is 49.0 Å². The molecule has 0 saturated carbocycles. The van der Waals surface area contributed by atoms with Crippen molar-refractivity contribution in [3.05, 3.63) is 75.6 Å². The number of nitrogens with one attached hydrogen (secondary N) is 1. The highest BCUT2D eigenvalue weighted by molar-refractivity contribution is 8.54. The monoisotopic (exact) mass is 961 g/mol. The quantitative estimate of drug-likeness (QED) is 0.0279. The number of benzene rings is 1. The first-order valence-corrected chi connectivity index (χ1v) is 25.2. The largest absolute Gasteiger partial charge is 0.472 e. The molecule has 64 heavy (non-hydrogen) atoms. The Labute approximate surface area is 369 Å². The van der Waals surface area contributed by atoms with Gasteiger partial charge in [-0.3, -0.25) is 41.8 Å². The van der Waals surface area contributed by atoms with E-state index >= 15 is 8.78 Å². The number of aromatic nitrogens is 6. The van der Waals surface area contributed by atoms with Crippen LogP contribution in [0.2, 0.25) is 0 Å². The summed E-state index contributed by atoms with van der Waals surface area (Å²) in [5, 5.41) is 8.88. The summed E-state index contributed by atoms with van der Waals surface area (Å²) in [5.74, 6) is -0.133. The Morgan fingerprint density at radius 3 is 2.38 bits per heavy atom. The van der Waals surface area contributed by atoms with Crippen molar-refractivity contribution in [2.45, 2.75) is 113 Å². The van der Waals surface area contributed by atoms with Crippen LogP contribution >= 0.6 is 26.0 Å². The number of carbonyl (C=O) groups excluding carboxylic acids is 1. The molecule has 0 spiro atoms. The van der Waals surface area contributed by atoms with E-state index in [1.807, 2.05) is 4.98 Å². The third-order valence-corrected chi connectivity index (χ3v) is 14.9. The second kappa shape index (κ2) is 23.0. The van der Waals surface area contributed by atoms with E-state index in [9.17, 15) is 28.4 Å². The Morgan fingerprint density at radius 2 is 1.67 bits per heavy atom. The number of aliphatic hydroxyl groups excluding tert-OH is 1. The molecule has 21 nitrogen and oxygen atoms in total. The smallest absolute Gasteiger partial charge is 0.427 e. The minimum Gasteiger partial charge on any atom is -0.427 e. The van der Waals surface area contributed by atoms with Crippen molar-refractivity contribution < 1.29 is 65.0 Å². The topological polar surface area (TPSA) is 281 Å². The molecule has 9 atom stereocenters. The van der Waals surface area contributed by atoms with Gasteiger partial charge in [-0.15, -0.1) is 0 Å². The van der Waals surface area contributed by atoms with E-state index in [1.54, 1.807) is 24.3 Å². The normalized spacial score (nSPS) is 24.2. The number of alkyl halides is 2. The lowest BCUT2D eigenvalue weighted by atomic mass is 10.1. The molecule has 0 bridgehead atoms. The molecule has 2 saturated heterocycles. The maximum atomic E-state index is 16.5. The van der Waals surface area contributed by atoms with Gasteiger partial charge in [0.25, 0.3) is 5.56 Å². The van der Waals surface area contributed by atoms with Gasteiger partial charge < -0.3 is 29.9 Å². The van der Waals surface area contributed by atoms with Gasteiger partial charge in [0.05, 0.1) is 25.6 Å². The van der Waals surface area contributed by atoms with Crippen molar-refractivity contribution in [3.63, 3.8) is 0 Å². The number of carbonyl (C=O) groups is 1. The van der Waals surface area contributed by atoms with Crippen LogP contribution in [0.1, 0.15) is 82.2 Å². The highest BCUT2D eigenvalue weighted by atomic mass is 32.7. The van der Waals surface area contributed by atoms with Crippen LogP contribution in [0.3, 0.4) is 0 Å². The van der Waals surface area contributed by atoms with Crippen LogP contribution in [0.4, 0.5) is 14.6 Å². The lowest BCUT2D eigenvalue weighted by Gasteiger charge is -2.26. The third-order valence-electron chi connectivity index (χ3n) is 10.3. The number of nitrogens with two attached hydrogens (primary N) is 1. The van der Waals surface area contributed by atoms with Gasteiger partial charge >= 0.3 is 26.3 Å². The van der Waals surface area contributed by atoms with Gasteiger partial charge in [0, 0.05) is 44.6 Å². The SMILES string of the molecule is COP(=O)(O)OC[C@H]1O[C@@H](n2ccc(=O)[nH]c2=O)[C@H](F)[C@@H]1OP(=O)(OC[C@@H]1C[C@@H](F)[C@H](n2cnc3c(N)ncnc32)O1)SCc1ccc(OC(=O)CCCCCCCCCCO)cc1. The Bertz CT molecular complexity index is 2380. The van der Waals surface area contributed by atoms with Crippen molar-refractivity contribution in [1.82, 2.24) is 29.1 Å². The van der Waals surface area contributed by atoms with Gasteiger partial charge in [-0.2, -0.15) is 0 Å². The van der Waals surface area contributed by atoms with Gasteiger partial charge in [-0.05, 0) is 41.9 Å². The van der Waals surface area contributed by atoms with Crippen LogP contribution in [-0.2, 0) is 47.2 Å². The van der Waals surface area contributed by atoms with Gasteiger partial charge in [0.15, 0.2) is 30.1 Å². The average molecular weight is 962 g/mol. The average Bonchev–Trinajstić information content (AvgIpc) is 3.96. The molecular weight excluding hydrogens is 910 g/mol. The summed E-state index contributed by atoms with van der Waals surface area (Å²) in [6.07, 6.45) is -0.489. The molecule has 0 radical (unpaired) electrons. The highest BCUT2D eigenvalue weighted by Crippen LogP contribution is 2.64. The molecule has 1 aromatic carbocycles. The van der Waals surface area contributed by atoms with Crippen LogP contribution in [0, 0.1) is 0 Å². The van der Waals surface area contributed by atoms with Crippen LogP contribution < -0.4 is 21.7 Å². The van der Waals surface area contributed by atoms with E-state index in [4.69, 9.17) is 38.6 Å². The molecule has 2 unspecified atom stereocenters. The Kier molecular flexibility index (Phi) is 17.8. The summed E-state index contributed by atoms with van der Waals surface area (Å²) >= 11 is 0.616. The number of fused-ring (bicyclic) bond motifs is 1. The number of rotatable bonds is 25. The first kappa shape index (κ1) is 49.5. The van der Waals surface area contributed by atoms with Gasteiger partial charge in [-0.1, -0.05) is 50.7 Å². The summed E-state index contributed by atoms with van der Waals surface area (Å²) in [7, 11) is -3.79. The van der Waals surface area contributed by atoms with Crippen LogP contribution in [0.15, 0.2) is 58.8 Å². The van der Waals surface area contributed by atoms with E-state index < -0.39 is 88.2 Å². The fraction of sp³-hybridized carbons (Fsp3) is 0.579. The van der Waals surface area contributed by atoms with Gasteiger partial charge in [0.1, 0.15) is 36.0 Å². The molecule has 6 rings (SSSR count). The molecule has 3 aromatic heterocycles. The number of hydrogen-bond donors (Lipinski definition) is 4. The fourth-order valence-electron chi connectivity index (χ4n) is 6.99. The number of aliphatic hydroxyl groups is 1. The molecule has 2 aliphatic rings. The van der Waals surface area contributed by atoms with Gasteiger partial charge in [0.2, 0.25) is 0 Å². The fourth-order valence-corrected chi connectivity index (χ4v) is 10.8. The molecule has 2 aliphatic heterocycles. The number of imidazole rings is 1. The number of anilines is 1. The van der Waals surface area contributed by atoms with Crippen molar-refractivity contribution in [2.24, 2.45) is 0 Å². The molecular formula is C38H51F2N7O14P2S. The lowest BCUT2D eigenvalue weighted by molar-refractivity contribution is -0.134. The summed E-state index contributed by atoms with van der Waals surface area (Å²) in [6.45, 7) is -5.78. The van der Waals surface area contributed by atoms with Crippen LogP contribution in [0.25, 0.3) is 11.2 Å². The number of hydrogen-bond acceptors (Lipinski definition) is 18. The summed E-state index contributed by atoms with van der Waals surface area (Å²) < 4.78 is 99.5. The van der Waals surface area contributed by atoms with Crippen LogP contribution in [-0.4, -0.2) is 103 Å². The number of unbranched alkanes of at least 4 members (excludes halogenated alkanes) is 7. The highest BCUT2D eigenvalue weighted by Gasteiger charge is 2.52. The van der Waals surface area contributed by atoms with E-state index in [0.717, 1.165) is 64.3 Å². The second-order valence-corrected chi connectivity index (χ2v) is 20.6. The number of phosphoric acid groups is 1. The summed E-state index contributed by atoms with van der Waals surface area (Å²) in [4.78, 5) is 61.0. The van der Waals surface area contributed by atoms with Crippen molar-refractivity contribution in [2.75, 3.05) is 32.7 Å². The number of nitrogens with zero attached hydrogens (tertiary/aromatic N) is 5. The summed E-state index contributed by atoms with van der Waals surface area (Å²) in [5.41, 5.74) is 5.04. The first-order valence-electron chi connectivity index (χ1n) is 20.5. The van der Waals surface area contributed by atoms with E-state index in [2.05, 4.69) is 19.5 Å². The molecule has 5 N–H and O–H groups in total. The number of ether oxygens (including phenoxy) is 3. The molecule has 2 fully saturated rings. The third kappa shape index (κ3) is 13.3. The van der Waals surface area contributed by atoms with Gasteiger partial charge in [-0.25, -0.2) is 37.7 Å². The molecule has 0 aliphatic carbocycles. The minimum atomic E-state index is -4.68. The van der Waals surface area contributed by atoms with E-state index in [-0.39, 0.29) is 47.9 Å². The van der Waals surface area contributed by atoms with Crippen LogP contribution in [0.5, 0.6) is 5.75 Å². The molecule has 352 valence electrons. The van der Waals surface area contributed by atoms with E-state index in [0.29, 0.717) is 27.9 Å². The number of phosphoric ester groups is 1. The molecule has 0 amide bonds. The standard InChI is InChI=1S/C38H51F2N7O14P2S/c1-55-62(52,53)56-20-28-33(31(40)37(60-28)46-16-15-29(49)45-38(46)51)61-63(54,57-19-26-18-27(39)36(59-26)47-23-44-32-34(41)42-22-43-35(32)47)64-21-24-11-13-25(14-12-24)58-30(50)10-8-6-4-2-3-5-7-9-17-48/h11-16,22-23,26-28,31,33,36-37,48H,2-10,17-21H2,1H3,(H,52,53)(H2,41,42,43)(H,45,49,51)/t26-,27+,28+,31+,33+,36+,37+,63?/m0/s1. The Balaban J connectivity index is 1.15.